The Balaban J connectivity index is 1.67. The fourth-order valence-electron chi connectivity index (χ4n) is 3.35. The molecule has 0 saturated heterocycles. The van der Waals surface area contributed by atoms with E-state index in [1.54, 1.807) is 6.07 Å². The van der Waals surface area contributed by atoms with E-state index in [0.717, 1.165) is 40.7 Å². The molecule has 0 radical (unpaired) electrons. The van der Waals surface area contributed by atoms with Crippen LogP contribution >= 0.6 is 11.6 Å². The number of hydrogen-bond acceptors (Lipinski definition) is 3. The van der Waals surface area contributed by atoms with Gasteiger partial charge in [-0.2, -0.15) is 0 Å². The second-order valence-electron chi connectivity index (χ2n) is 6.55. The molecule has 1 aliphatic carbocycles. The standard InChI is InChI=1S/C20H19ClN2O2/c21-14-6-7-17-16(10-14)19(12-4-2-1-3-5-12)18(25-17)11-23-20(24)13-8-15(22)9-13/h1-7,10,13,15H,8-9,11,22H2,(H,23,24). The van der Waals surface area contributed by atoms with Crippen molar-refractivity contribution in [1.29, 1.82) is 0 Å². The van der Waals surface area contributed by atoms with Gasteiger partial charge in [-0.15, -0.1) is 0 Å². The number of benzene rings is 2. The fraction of sp³-hybridized carbons (Fsp3) is 0.250. The summed E-state index contributed by atoms with van der Waals surface area (Å²) in [5.74, 6) is 0.800. The smallest absolute Gasteiger partial charge is 0.223 e. The van der Waals surface area contributed by atoms with Crippen LogP contribution in [0, 0.1) is 5.92 Å². The van der Waals surface area contributed by atoms with Crippen molar-refractivity contribution >= 4 is 28.5 Å². The molecule has 0 aliphatic heterocycles. The van der Waals surface area contributed by atoms with Crippen LogP contribution in [0.5, 0.6) is 0 Å². The Morgan fingerprint density at radius 1 is 1.20 bits per heavy atom. The van der Waals surface area contributed by atoms with E-state index in [1.165, 1.54) is 0 Å². The van der Waals surface area contributed by atoms with E-state index < -0.39 is 0 Å². The number of fused-ring (bicyclic) bond motifs is 1. The van der Waals surface area contributed by atoms with Crippen LogP contribution < -0.4 is 11.1 Å². The number of furan rings is 1. The lowest BCUT2D eigenvalue weighted by Gasteiger charge is -2.30. The molecular formula is C20H19ClN2O2. The first kappa shape index (κ1) is 16.2. The van der Waals surface area contributed by atoms with Crippen LogP contribution in [0.4, 0.5) is 0 Å². The molecule has 0 bridgehead atoms. The highest BCUT2D eigenvalue weighted by molar-refractivity contribution is 6.31. The Hall–Kier alpha value is -2.30. The molecule has 1 aromatic heterocycles. The van der Waals surface area contributed by atoms with E-state index in [0.29, 0.717) is 11.6 Å². The van der Waals surface area contributed by atoms with E-state index in [4.69, 9.17) is 21.8 Å². The summed E-state index contributed by atoms with van der Waals surface area (Å²) in [7, 11) is 0. The van der Waals surface area contributed by atoms with Crippen molar-refractivity contribution < 1.29 is 9.21 Å². The number of nitrogens with one attached hydrogen (secondary N) is 1. The number of carbonyl (C=O) groups excluding carboxylic acids is 1. The van der Waals surface area contributed by atoms with E-state index >= 15 is 0 Å². The summed E-state index contributed by atoms with van der Waals surface area (Å²) in [6, 6.07) is 15.7. The van der Waals surface area contributed by atoms with Crippen molar-refractivity contribution in [2.45, 2.75) is 25.4 Å². The van der Waals surface area contributed by atoms with Gasteiger partial charge in [0.2, 0.25) is 5.91 Å². The molecule has 3 aromatic rings. The highest BCUT2D eigenvalue weighted by Gasteiger charge is 2.32. The van der Waals surface area contributed by atoms with Crippen molar-refractivity contribution in [3.8, 4) is 11.1 Å². The molecule has 1 amide bonds. The predicted molar refractivity (Wildman–Crippen MR) is 99.2 cm³/mol. The molecule has 1 aliphatic rings. The van der Waals surface area contributed by atoms with Crippen molar-refractivity contribution in [2.75, 3.05) is 0 Å². The van der Waals surface area contributed by atoms with Gasteiger partial charge in [0, 0.05) is 27.9 Å². The van der Waals surface area contributed by atoms with Gasteiger partial charge in [-0.05, 0) is 36.6 Å². The first-order chi connectivity index (χ1) is 12.1. The molecule has 4 nitrogen and oxygen atoms in total. The SMILES string of the molecule is NC1CC(C(=O)NCc2oc3ccc(Cl)cc3c2-c2ccccc2)C1. The highest BCUT2D eigenvalue weighted by Crippen LogP contribution is 2.36. The lowest BCUT2D eigenvalue weighted by molar-refractivity contribution is -0.128. The molecule has 5 heteroatoms. The third-order valence-electron chi connectivity index (χ3n) is 4.75. The molecule has 3 N–H and O–H groups in total. The Morgan fingerprint density at radius 2 is 1.96 bits per heavy atom. The third kappa shape index (κ3) is 3.15. The topological polar surface area (TPSA) is 68.3 Å². The maximum Gasteiger partial charge on any atom is 0.223 e. The Labute approximate surface area is 151 Å². The van der Waals surface area contributed by atoms with Crippen LogP contribution in [-0.4, -0.2) is 11.9 Å². The number of hydrogen-bond donors (Lipinski definition) is 2. The van der Waals surface area contributed by atoms with Gasteiger partial charge in [0.1, 0.15) is 11.3 Å². The predicted octanol–water partition coefficient (Wildman–Crippen LogP) is 4.11. The molecule has 1 fully saturated rings. The maximum absolute atomic E-state index is 12.2. The number of halogens is 1. The average molecular weight is 355 g/mol. The lowest BCUT2D eigenvalue weighted by Crippen LogP contribution is -2.44. The van der Waals surface area contributed by atoms with Crippen LogP contribution in [-0.2, 0) is 11.3 Å². The zero-order valence-corrected chi connectivity index (χ0v) is 14.4. The van der Waals surface area contributed by atoms with Crippen molar-refractivity contribution in [3.63, 3.8) is 0 Å². The molecule has 25 heavy (non-hydrogen) atoms. The number of amides is 1. The highest BCUT2D eigenvalue weighted by atomic mass is 35.5. The summed E-state index contributed by atoms with van der Waals surface area (Å²) in [5.41, 5.74) is 8.55. The Morgan fingerprint density at radius 3 is 2.68 bits per heavy atom. The molecule has 128 valence electrons. The van der Waals surface area contributed by atoms with Gasteiger partial charge >= 0.3 is 0 Å². The van der Waals surface area contributed by atoms with Crippen LogP contribution in [0.15, 0.2) is 52.9 Å². The third-order valence-corrected chi connectivity index (χ3v) is 4.99. The normalized spacial score (nSPS) is 19.6. The first-order valence-corrected chi connectivity index (χ1v) is 8.79. The van der Waals surface area contributed by atoms with Crippen molar-refractivity contribution in [2.24, 2.45) is 11.7 Å². The van der Waals surface area contributed by atoms with Crippen LogP contribution in [0.3, 0.4) is 0 Å². The Bertz CT molecular complexity index is 914. The van der Waals surface area contributed by atoms with E-state index in [1.807, 2.05) is 42.5 Å². The zero-order chi connectivity index (χ0) is 17.4. The van der Waals surface area contributed by atoms with Gasteiger partial charge in [-0.25, -0.2) is 0 Å². The van der Waals surface area contributed by atoms with Crippen molar-refractivity contribution in [3.05, 3.63) is 59.3 Å². The molecule has 0 unspecified atom stereocenters. The molecule has 1 heterocycles. The fourth-order valence-corrected chi connectivity index (χ4v) is 3.53. The second-order valence-corrected chi connectivity index (χ2v) is 6.99. The molecular weight excluding hydrogens is 336 g/mol. The van der Waals surface area contributed by atoms with Crippen molar-refractivity contribution in [1.82, 2.24) is 5.32 Å². The van der Waals surface area contributed by atoms with Crippen LogP contribution in [0.2, 0.25) is 5.02 Å². The quantitative estimate of drug-likeness (QED) is 0.741. The van der Waals surface area contributed by atoms with E-state index in [9.17, 15) is 4.79 Å². The largest absolute Gasteiger partial charge is 0.459 e. The zero-order valence-electron chi connectivity index (χ0n) is 13.7. The lowest BCUT2D eigenvalue weighted by atomic mass is 9.80. The van der Waals surface area contributed by atoms with Crippen LogP contribution in [0.1, 0.15) is 18.6 Å². The first-order valence-electron chi connectivity index (χ1n) is 8.41. The summed E-state index contributed by atoms with van der Waals surface area (Å²) in [6.45, 7) is 0.348. The number of rotatable bonds is 4. The minimum Gasteiger partial charge on any atom is -0.459 e. The molecule has 1 saturated carbocycles. The summed E-state index contributed by atoms with van der Waals surface area (Å²) >= 11 is 6.17. The number of nitrogens with two attached hydrogens (primary N) is 1. The monoisotopic (exact) mass is 354 g/mol. The number of carbonyl (C=O) groups is 1. The minimum atomic E-state index is 0.0222. The maximum atomic E-state index is 12.2. The van der Waals surface area contributed by atoms with E-state index in [-0.39, 0.29) is 17.9 Å². The molecule has 2 aromatic carbocycles. The van der Waals surface area contributed by atoms with Gasteiger partial charge in [-0.3, -0.25) is 4.79 Å². The van der Waals surface area contributed by atoms with Gasteiger partial charge in [0.25, 0.3) is 0 Å². The van der Waals surface area contributed by atoms with Gasteiger partial charge < -0.3 is 15.5 Å². The van der Waals surface area contributed by atoms with Crippen LogP contribution in [0.25, 0.3) is 22.1 Å². The Kier molecular flexibility index (Phi) is 4.24. The second kappa shape index (κ2) is 6.54. The summed E-state index contributed by atoms with van der Waals surface area (Å²) in [5, 5.41) is 4.60. The molecule has 4 rings (SSSR count). The summed E-state index contributed by atoms with van der Waals surface area (Å²) in [4.78, 5) is 12.2. The van der Waals surface area contributed by atoms with Gasteiger partial charge in [-0.1, -0.05) is 41.9 Å². The molecule has 0 spiro atoms. The van der Waals surface area contributed by atoms with Gasteiger partial charge in [0.15, 0.2) is 0 Å². The average Bonchev–Trinajstić information content (AvgIpc) is 2.95. The minimum absolute atomic E-state index is 0.0222. The summed E-state index contributed by atoms with van der Waals surface area (Å²) < 4.78 is 6.01. The van der Waals surface area contributed by atoms with E-state index in [2.05, 4.69) is 5.32 Å². The summed E-state index contributed by atoms with van der Waals surface area (Å²) in [6.07, 6.45) is 1.51. The molecule has 0 atom stereocenters. The van der Waals surface area contributed by atoms with Gasteiger partial charge in [0.05, 0.1) is 6.54 Å².